The third-order valence-electron chi connectivity index (χ3n) is 2.45. The fourth-order valence-electron chi connectivity index (χ4n) is 1.48. The van der Waals surface area contributed by atoms with E-state index in [1.54, 1.807) is 13.2 Å². The zero-order chi connectivity index (χ0) is 13.1. The minimum atomic E-state index is -0.158. The summed E-state index contributed by atoms with van der Waals surface area (Å²) in [6.45, 7) is 0.632. The van der Waals surface area contributed by atoms with E-state index in [2.05, 4.69) is 42.3 Å². The second-order valence-electron chi connectivity index (χ2n) is 3.78. The van der Waals surface area contributed by atoms with Gasteiger partial charge in [0.15, 0.2) is 0 Å². The van der Waals surface area contributed by atoms with Gasteiger partial charge in [0.05, 0.1) is 11.9 Å². The Morgan fingerprint density at radius 3 is 2.89 bits per heavy atom. The van der Waals surface area contributed by atoms with Gasteiger partial charge >= 0.3 is 0 Å². The number of nitrogens with zero attached hydrogens (tertiary/aromatic N) is 2. The molecule has 1 aromatic carbocycles. The molecule has 0 unspecified atom stereocenters. The van der Waals surface area contributed by atoms with Crippen LogP contribution in [-0.4, -0.2) is 9.78 Å². The first-order chi connectivity index (χ1) is 8.58. The van der Waals surface area contributed by atoms with Crippen LogP contribution in [0.2, 0.25) is 0 Å². The van der Waals surface area contributed by atoms with Crippen LogP contribution in [0, 0.1) is 0 Å². The van der Waals surface area contributed by atoms with E-state index in [1.165, 1.54) is 4.68 Å². The lowest BCUT2D eigenvalue weighted by molar-refractivity contribution is 0.703. The van der Waals surface area contributed by atoms with Crippen molar-refractivity contribution < 1.29 is 0 Å². The van der Waals surface area contributed by atoms with E-state index in [-0.39, 0.29) is 5.56 Å². The Labute approximate surface area is 121 Å². The van der Waals surface area contributed by atoms with Crippen molar-refractivity contribution in [2.24, 2.45) is 7.05 Å². The SMILES string of the molecule is Cn1ncc(NCc2cccc(Br)c2)c(Br)c1=O. The molecule has 0 aliphatic rings. The van der Waals surface area contributed by atoms with Crippen molar-refractivity contribution in [2.75, 3.05) is 5.32 Å². The molecule has 6 heteroatoms. The van der Waals surface area contributed by atoms with Gasteiger partial charge < -0.3 is 5.32 Å². The molecule has 1 aromatic heterocycles. The van der Waals surface area contributed by atoms with E-state index in [4.69, 9.17) is 0 Å². The fourth-order valence-corrected chi connectivity index (χ4v) is 2.42. The average molecular weight is 373 g/mol. The molecule has 1 heterocycles. The van der Waals surface area contributed by atoms with Crippen LogP contribution in [0.15, 0.2) is 44.2 Å². The Balaban J connectivity index is 2.16. The minimum Gasteiger partial charge on any atom is -0.379 e. The van der Waals surface area contributed by atoms with Crippen LogP contribution >= 0.6 is 31.9 Å². The van der Waals surface area contributed by atoms with Gasteiger partial charge in [-0.3, -0.25) is 4.79 Å². The number of nitrogens with one attached hydrogen (secondary N) is 1. The van der Waals surface area contributed by atoms with Gasteiger partial charge in [-0.15, -0.1) is 0 Å². The van der Waals surface area contributed by atoms with Gasteiger partial charge in [-0.1, -0.05) is 28.1 Å². The van der Waals surface area contributed by atoms with E-state index in [9.17, 15) is 4.79 Å². The molecule has 0 aliphatic heterocycles. The lowest BCUT2D eigenvalue weighted by Crippen LogP contribution is -2.21. The van der Waals surface area contributed by atoms with Crippen LogP contribution in [0.5, 0.6) is 0 Å². The largest absolute Gasteiger partial charge is 0.379 e. The first-order valence-electron chi connectivity index (χ1n) is 5.28. The maximum absolute atomic E-state index is 11.7. The van der Waals surface area contributed by atoms with E-state index in [0.29, 0.717) is 16.7 Å². The summed E-state index contributed by atoms with van der Waals surface area (Å²) in [5.41, 5.74) is 1.66. The predicted octanol–water partition coefficient (Wildman–Crippen LogP) is 2.92. The molecule has 18 heavy (non-hydrogen) atoms. The monoisotopic (exact) mass is 371 g/mol. The Hall–Kier alpha value is -1.14. The van der Waals surface area contributed by atoms with E-state index >= 15 is 0 Å². The molecular weight excluding hydrogens is 362 g/mol. The average Bonchev–Trinajstić information content (AvgIpc) is 2.35. The third kappa shape index (κ3) is 3.00. The summed E-state index contributed by atoms with van der Waals surface area (Å²) in [5.74, 6) is 0. The molecule has 4 nitrogen and oxygen atoms in total. The molecule has 0 aliphatic carbocycles. The van der Waals surface area contributed by atoms with Crippen molar-refractivity contribution in [1.82, 2.24) is 9.78 Å². The van der Waals surface area contributed by atoms with E-state index in [0.717, 1.165) is 10.0 Å². The summed E-state index contributed by atoms with van der Waals surface area (Å²) in [4.78, 5) is 11.7. The molecular formula is C12H11Br2N3O. The summed E-state index contributed by atoms with van der Waals surface area (Å²) >= 11 is 6.70. The third-order valence-corrected chi connectivity index (χ3v) is 3.71. The van der Waals surface area contributed by atoms with Crippen molar-refractivity contribution in [1.29, 1.82) is 0 Å². The minimum absolute atomic E-state index is 0.158. The maximum Gasteiger partial charge on any atom is 0.282 e. The molecule has 1 N–H and O–H groups in total. The van der Waals surface area contributed by atoms with Gasteiger partial charge in [0.2, 0.25) is 0 Å². The topological polar surface area (TPSA) is 46.9 Å². The first kappa shape index (κ1) is 13.3. The molecule has 0 saturated heterocycles. The van der Waals surface area contributed by atoms with Gasteiger partial charge in [0.25, 0.3) is 5.56 Å². The number of anilines is 1. The molecule has 2 aromatic rings. The molecule has 0 fully saturated rings. The molecule has 0 bridgehead atoms. The second kappa shape index (κ2) is 5.67. The number of hydrogen-bond acceptors (Lipinski definition) is 3. The van der Waals surface area contributed by atoms with Crippen molar-refractivity contribution in [3.05, 3.63) is 55.3 Å². The highest BCUT2D eigenvalue weighted by Crippen LogP contribution is 2.18. The summed E-state index contributed by atoms with van der Waals surface area (Å²) in [5, 5.41) is 7.15. The summed E-state index contributed by atoms with van der Waals surface area (Å²) < 4.78 is 2.81. The predicted molar refractivity (Wildman–Crippen MR) is 78.6 cm³/mol. The number of hydrogen-bond donors (Lipinski definition) is 1. The second-order valence-corrected chi connectivity index (χ2v) is 5.49. The van der Waals surface area contributed by atoms with Gasteiger partial charge in [0.1, 0.15) is 4.47 Å². The van der Waals surface area contributed by atoms with Crippen molar-refractivity contribution in [2.45, 2.75) is 6.54 Å². The van der Waals surface area contributed by atoms with Crippen LogP contribution in [0.25, 0.3) is 0 Å². The van der Waals surface area contributed by atoms with Crippen LogP contribution in [0.4, 0.5) is 5.69 Å². The van der Waals surface area contributed by atoms with Crippen molar-refractivity contribution in [3.63, 3.8) is 0 Å². The molecule has 0 saturated carbocycles. The lowest BCUT2D eigenvalue weighted by atomic mass is 10.2. The number of rotatable bonds is 3. The smallest absolute Gasteiger partial charge is 0.282 e. The van der Waals surface area contributed by atoms with Gasteiger partial charge in [-0.2, -0.15) is 5.10 Å². The van der Waals surface area contributed by atoms with Gasteiger partial charge in [-0.05, 0) is 33.6 Å². The highest BCUT2D eigenvalue weighted by molar-refractivity contribution is 9.10. The van der Waals surface area contributed by atoms with E-state index < -0.39 is 0 Å². The summed E-state index contributed by atoms with van der Waals surface area (Å²) in [6, 6.07) is 7.98. The number of aromatic nitrogens is 2. The lowest BCUT2D eigenvalue weighted by Gasteiger charge is -2.08. The number of halogens is 2. The Kier molecular flexibility index (Phi) is 4.19. The van der Waals surface area contributed by atoms with Crippen molar-refractivity contribution in [3.8, 4) is 0 Å². The van der Waals surface area contributed by atoms with Gasteiger partial charge in [-0.25, -0.2) is 4.68 Å². The Morgan fingerprint density at radius 2 is 2.17 bits per heavy atom. The van der Waals surface area contributed by atoms with Gasteiger partial charge in [0, 0.05) is 18.1 Å². The van der Waals surface area contributed by atoms with Crippen molar-refractivity contribution >= 4 is 37.5 Å². The molecule has 0 atom stereocenters. The maximum atomic E-state index is 11.7. The first-order valence-corrected chi connectivity index (χ1v) is 6.86. The zero-order valence-corrected chi connectivity index (χ0v) is 12.8. The van der Waals surface area contributed by atoms with Crippen LogP contribution in [0.3, 0.4) is 0 Å². The Morgan fingerprint density at radius 1 is 1.39 bits per heavy atom. The molecule has 2 rings (SSSR count). The van der Waals surface area contributed by atoms with Crippen LogP contribution < -0.4 is 10.9 Å². The summed E-state index contributed by atoms with van der Waals surface area (Å²) in [6.07, 6.45) is 1.63. The van der Waals surface area contributed by atoms with Crippen LogP contribution in [0.1, 0.15) is 5.56 Å². The molecule has 0 spiro atoms. The molecule has 0 amide bonds. The van der Waals surface area contributed by atoms with Crippen LogP contribution in [-0.2, 0) is 13.6 Å². The van der Waals surface area contributed by atoms with E-state index in [1.807, 2.05) is 24.3 Å². The Bertz CT molecular complexity index is 625. The quantitative estimate of drug-likeness (QED) is 0.900. The molecule has 94 valence electrons. The fraction of sp³-hybridized carbons (Fsp3) is 0.167. The summed E-state index contributed by atoms with van der Waals surface area (Å²) in [7, 11) is 1.62. The molecule has 0 radical (unpaired) electrons. The standard InChI is InChI=1S/C12H11Br2N3O/c1-17-12(18)11(14)10(7-16-17)15-6-8-3-2-4-9(13)5-8/h2-5,7,15H,6H2,1H3. The highest BCUT2D eigenvalue weighted by atomic mass is 79.9. The normalized spacial score (nSPS) is 10.4. The number of aryl methyl sites for hydroxylation is 1. The highest BCUT2D eigenvalue weighted by Gasteiger charge is 2.06. The zero-order valence-electron chi connectivity index (χ0n) is 9.65. The number of benzene rings is 1.